The third kappa shape index (κ3) is 1.95. The van der Waals surface area contributed by atoms with Gasteiger partial charge in [0.15, 0.2) is 0 Å². The van der Waals surface area contributed by atoms with Crippen LogP contribution in [0.15, 0.2) is 48.5 Å². The van der Waals surface area contributed by atoms with Crippen LogP contribution >= 0.6 is 0 Å². The van der Waals surface area contributed by atoms with Gasteiger partial charge >= 0.3 is 0 Å². The van der Waals surface area contributed by atoms with Crippen LogP contribution in [0.2, 0.25) is 0 Å². The minimum Gasteiger partial charge on any atom is -0.392 e. The molecule has 1 aliphatic rings. The summed E-state index contributed by atoms with van der Waals surface area (Å²) < 4.78 is 0. The summed E-state index contributed by atoms with van der Waals surface area (Å²) in [5.41, 5.74) is 2.58. The molecule has 0 saturated carbocycles. The lowest BCUT2D eigenvalue weighted by Crippen LogP contribution is -2.19. The molecule has 4 rings (SSSR count). The van der Waals surface area contributed by atoms with Gasteiger partial charge in [0.05, 0.1) is 6.61 Å². The number of aliphatic hydroxyl groups is 3. The quantitative estimate of drug-likeness (QED) is 0.604. The smallest absolute Gasteiger partial charge is 0.109 e. The number of hydrogen-bond acceptors (Lipinski definition) is 3. The SMILES string of the molecule is OCc1ccc2cc3ccc4c(c3cc2c1)C=C[C@@H](O)[C@@H]4O. The van der Waals surface area contributed by atoms with E-state index < -0.39 is 12.2 Å². The third-order valence-electron chi connectivity index (χ3n) is 4.40. The van der Waals surface area contributed by atoms with E-state index in [0.29, 0.717) is 0 Å². The van der Waals surface area contributed by atoms with Crippen LogP contribution in [0.3, 0.4) is 0 Å². The highest BCUT2D eigenvalue weighted by molar-refractivity contribution is 6.02. The summed E-state index contributed by atoms with van der Waals surface area (Å²) in [6.45, 7) is 0.0195. The van der Waals surface area contributed by atoms with Crippen LogP contribution in [0, 0.1) is 0 Å². The maximum atomic E-state index is 10.2. The van der Waals surface area contributed by atoms with Crippen molar-refractivity contribution in [1.82, 2.24) is 0 Å². The molecule has 0 heterocycles. The molecule has 3 N–H and O–H groups in total. The van der Waals surface area contributed by atoms with Crippen molar-refractivity contribution in [2.24, 2.45) is 0 Å². The van der Waals surface area contributed by atoms with Crippen LogP contribution < -0.4 is 0 Å². The first kappa shape index (κ1) is 13.5. The molecule has 0 amide bonds. The van der Waals surface area contributed by atoms with E-state index in [2.05, 4.69) is 12.1 Å². The molecule has 22 heavy (non-hydrogen) atoms. The second kappa shape index (κ2) is 4.92. The summed E-state index contributed by atoms with van der Waals surface area (Å²) >= 11 is 0. The minimum absolute atomic E-state index is 0.0195. The highest BCUT2D eigenvalue weighted by atomic mass is 16.3. The number of hydrogen-bond donors (Lipinski definition) is 3. The predicted molar refractivity (Wildman–Crippen MR) is 87.4 cm³/mol. The van der Waals surface area contributed by atoms with Gasteiger partial charge in [0, 0.05) is 0 Å². The van der Waals surface area contributed by atoms with E-state index in [4.69, 9.17) is 0 Å². The van der Waals surface area contributed by atoms with E-state index in [0.717, 1.165) is 38.2 Å². The average Bonchev–Trinajstić information content (AvgIpc) is 2.55. The molecule has 0 radical (unpaired) electrons. The molecular weight excluding hydrogens is 276 g/mol. The molecule has 3 aromatic rings. The van der Waals surface area contributed by atoms with Crippen molar-refractivity contribution >= 4 is 27.6 Å². The summed E-state index contributed by atoms with van der Waals surface area (Å²) in [5.74, 6) is 0. The number of benzene rings is 3. The molecule has 3 aromatic carbocycles. The Morgan fingerprint density at radius 1 is 0.864 bits per heavy atom. The molecule has 0 aromatic heterocycles. The zero-order chi connectivity index (χ0) is 15.3. The molecule has 3 nitrogen and oxygen atoms in total. The van der Waals surface area contributed by atoms with Crippen molar-refractivity contribution in [1.29, 1.82) is 0 Å². The van der Waals surface area contributed by atoms with Crippen molar-refractivity contribution in [2.45, 2.75) is 18.8 Å². The van der Waals surface area contributed by atoms with Crippen LogP contribution in [-0.4, -0.2) is 21.4 Å². The Morgan fingerprint density at radius 2 is 1.68 bits per heavy atom. The Bertz CT molecular complexity index is 911. The van der Waals surface area contributed by atoms with Gasteiger partial charge in [-0.05, 0) is 56.4 Å². The van der Waals surface area contributed by atoms with Crippen LogP contribution in [0.1, 0.15) is 22.8 Å². The molecule has 0 unspecified atom stereocenters. The number of rotatable bonds is 1. The summed E-state index contributed by atoms with van der Waals surface area (Å²) in [6.07, 6.45) is 1.76. The first-order chi connectivity index (χ1) is 10.7. The topological polar surface area (TPSA) is 60.7 Å². The van der Waals surface area contributed by atoms with Gasteiger partial charge in [-0.3, -0.25) is 0 Å². The number of fused-ring (bicyclic) bond motifs is 4. The van der Waals surface area contributed by atoms with Gasteiger partial charge < -0.3 is 15.3 Å². The van der Waals surface area contributed by atoms with Crippen molar-refractivity contribution in [3.05, 3.63) is 65.2 Å². The van der Waals surface area contributed by atoms with Crippen molar-refractivity contribution in [3.63, 3.8) is 0 Å². The fourth-order valence-corrected chi connectivity index (χ4v) is 3.19. The summed E-state index contributed by atoms with van der Waals surface area (Å²) in [4.78, 5) is 0. The number of aliphatic hydroxyl groups excluding tert-OH is 3. The zero-order valence-corrected chi connectivity index (χ0v) is 11.9. The van der Waals surface area contributed by atoms with Crippen LogP contribution in [-0.2, 0) is 6.61 Å². The molecule has 0 fully saturated rings. The van der Waals surface area contributed by atoms with Crippen LogP contribution in [0.5, 0.6) is 0 Å². The van der Waals surface area contributed by atoms with E-state index in [1.54, 1.807) is 6.08 Å². The Labute approximate surface area is 127 Å². The molecule has 2 atom stereocenters. The van der Waals surface area contributed by atoms with E-state index >= 15 is 0 Å². The lowest BCUT2D eigenvalue weighted by Gasteiger charge is -2.23. The zero-order valence-electron chi connectivity index (χ0n) is 11.9. The highest BCUT2D eigenvalue weighted by Crippen LogP contribution is 2.35. The Hall–Kier alpha value is -2.20. The van der Waals surface area contributed by atoms with Gasteiger partial charge in [-0.2, -0.15) is 0 Å². The first-order valence-electron chi connectivity index (χ1n) is 7.32. The molecule has 0 aliphatic heterocycles. The average molecular weight is 292 g/mol. The fourth-order valence-electron chi connectivity index (χ4n) is 3.19. The van der Waals surface area contributed by atoms with Gasteiger partial charge in [0.25, 0.3) is 0 Å². The summed E-state index contributed by atoms with van der Waals surface area (Å²) in [6, 6.07) is 14.0. The molecule has 0 spiro atoms. The maximum Gasteiger partial charge on any atom is 0.109 e. The second-order valence-corrected chi connectivity index (χ2v) is 5.78. The van der Waals surface area contributed by atoms with Crippen LogP contribution in [0.25, 0.3) is 27.6 Å². The van der Waals surface area contributed by atoms with Crippen LogP contribution in [0.4, 0.5) is 0 Å². The van der Waals surface area contributed by atoms with Gasteiger partial charge in [-0.1, -0.05) is 36.4 Å². The van der Waals surface area contributed by atoms with E-state index in [1.807, 2.05) is 36.4 Å². The van der Waals surface area contributed by atoms with Crippen molar-refractivity contribution in [3.8, 4) is 0 Å². The monoisotopic (exact) mass is 292 g/mol. The second-order valence-electron chi connectivity index (χ2n) is 5.78. The Kier molecular flexibility index (Phi) is 3.01. The molecule has 0 bridgehead atoms. The summed E-state index contributed by atoms with van der Waals surface area (Å²) in [5, 5.41) is 33.5. The highest BCUT2D eigenvalue weighted by Gasteiger charge is 2.23. The fraction of sp³-hybridized carbons (Fsp3) is 0.158. The van der Waals surface area contributed by atoms with Gasteiger partial charge in [0.2, 0.25) is 0 Å². The standard InChI is InChI=1S/C19H16O3/c20-10-11-1-2-12-8-13-3-4-16-15(5-6-18(21)19(16)22)17(13)9-14(12)7-11/h1-9,18-22H,10H2/t18-,19-/m1/s1. The summed E-state index contributed by atoms with van der Waals surface area (Å²) in [7, 11) is 0. The van der Waals surface area contributed by atoms with Crippen molar-refractivity contribution in [2.75, 3.05) is 0 Å². The lowest BCUT2D eigenvalue weighted by atomic mass is 9.88. The van der Waals surface area contributed by atoms with E-state index in [9.17, 15) is 15.3 Å². The van der Waals surface area contributed by atoms with E-state index in [-0.39, 0.29) is 6.61 Å². The maximum absolute atomic E-state index is 10.2. The molecule has 110 valence electrons. The first-order valence-corrected chi connectivity index (χ1v) is 7.32. The Balaban J connectivity index is 2.04. The molecule has 3 heteroatoms. The van der Waals surface area contributed by atoms with Gasteiger partial charge in [-0.25, -0.2) is 0 Å². The third-order valence-corrected chi connectivity index (χ3v) is 4.40. The van der Waals surface area contributed by atoms with Gasteiger partial charge in [0.1, 0.15) is 12.2 Å². The Morgan fingerprint density at radius 3 is 2.50 bits per heavy atom. The largest absolute Gasteiger partial charge is 0.392 e. The predicted octanol–water partition coefficient (Wildman–Crippen LogP) is 2.91. The lowest BCUT2D eigenvalue weighted by molar-refractivity contribution is 0.0471. The van der Waals surface area contributed by atoms with Crippen molar-refractivity contribution < 1.29 is 15.3 Å². The van der Waals surface area contributed by atoms with E-state index in [1.165, 1.54) is 0 Å². The normalized spacial score (nSPS) is 20.5. The molecule has 1 aliphatic carbocycles. The minimum atomic E-state index is -0.885. The van der Waals surface area contributed by atoms with Gasteiger partial charge in [-0.15, -0.1) is 0 Å². The molecule has 0 saturated heterocycles. The molecular formula is C19H16O3.